The monoisotopic (exact) mass is 1510 g/mol. The third kappa shape index (κ3) is 20.6. The topological polar surface area (TPSA) is 289 Å². The Balaban J connectivity index is 1.33. The zero-order valence-electron chi connectivity index (χ0n) is 65.0. The van der Waals surface area contributed by atoms with Crippen LogP contribution in [0.2, 0.25) is 0 Å². The van der Waals surface area contributed by atoms with E-state index in [0.717, 1.165) is 45.3 Å². The average Bonchev–Trinajstić information content (AvgIpc) is 1.75. The van der Waals surface area contributed by atoms with Crippen LogP contribution in [0.5, 0.6) is 0 Å². The number of methoxy groups -OCH3 is 1. The number of likely N-dealkylation sites (N-methyl/N-ethyl adjacent to an activating group) is 7. The Labute approximate surface area is 621 Å². The van der Waals surface area contributed by atoms with Gasteiger partial charge in [0, 0.05) is 89.6 Å². The number of fused-ring (bicyclic) bond motifs is 3. The summed E-state index contributed by atoms with van der Waals surface area (Å²) >= 11 is 0. The maximum Gasteiger partial charge on any atom is 0.397 e. The van der Waals surface area contributed by atoms with Crippen LogP contribution in [0.3, 0.4) is 0 Å². The van der Waals surface area contributed by atoms with Gasteiger partial charge in [-0.3, -0.25) is 57.5 Å². The number of rotatable bonds is 13. The van der Waals surface area contributed by atoms with Gasteiger partial charge in [-0.1, -0.05) is 91.7 Å². The number of amides is 12. The van der Waals surface area contributed by atoms with Crippen LogP contribution >= 0.6 is 0 Å². The molecule has 2 bridgehead atoms. The molecule has 26 nitrogen and oxygen atoms in total. The lowest BCUT2D eigenvalue weighted by Crippen LogP contribution is -2.71. The van der Waals surface area contributed by atoms with Gasteiger partial charge in [0.25, 0.3) is 0 Å². The zero-order chi connectivity index (χ0) is 78.8. The molecule has 7 aliphatic rings. The van der Waals surface area contributed by atoms with Crippen molar-refractivity contribution in [3.8, 4) is 0 Å². The van der Waals surface area contributed by atoms with E-state index in [1.165, 1.54) is 88.0 Å². The minimum Gasteiger partial charge on any atom is -0.382 e. The number of ether oxygens (including phenoxy) is 2. The summed E-state index contributed by atoms with van der Waals surface area (Å²) in [6, 6.07) is -11.0. The molecule has 6 fully saturated rings. The highest BCUT2D eigenvalue weighted by atomic mass is 19.4. The maximum atomic E-state index is 15.8. The molecule has 2 unspecified atom stereocenters. The molecule has 7 rings (SSSR count). The Hall–Kier alpha value is -7.05. The van der Waals surface area contributed by atoms with Crippen molar-refractivity contribution in [2.24, 2.45) is 40.9 Å². The summed E-state index contributed by atoms with van der Waals surface area (Å²) < 4.78 is 84.5. The Morgan fingerprint density at radius 2 is 1.31 bits per heavy atom. The van der Waals surface area contributed by atoms with E-state index >= 15 is 37.5 Å². The minimum atomic E-state index is -5.18. The Morgan fingerprint density at radius 3 is 1.89 bits per heavy atom. The predicted molar refractivity (Wildman–Crippen MR) is 382 cm³/mol. The van der Waals surface area contributed by atoms with Crippen LogP contribution in [0.1, 0.15) is 170 Å². The second-order valence-corrected chi connectivity index (χ2v) is 32.5. The molecule has 0 radical (unpaired) electrons. The first-order chi connectivity index (χ1) is 49.7. The quantitative estimate of drug-likeness (QED) is 0.161. The maximum absolute atomic E-state index is 15.8. The summed E-state index contributed by atoms with van der Waals surface area (Å²) in [7, 11) is 12.4. The van der Waals surface area contributed by atoms with Gasteiger partial charge >= 0.3 is 6.18 Å². The fourth-order valence-electron chi connectivity index (χ4n) is 17.4. The molecule has 12 amide bonds. The molecule has 4 aliphatic carbocycles. The molecule has 106 heavy (non-hydrogen) atoms. The van der Waals surface area contributed by atoms with E-state index in [4.69, 9.17) is 9.47 Å². The van der Waals surface area contributed by atoms with E-state index in [2.05, 4.69) is 22.9 Å². The molecule has 0 aromatic carbocycles. The van der Waals surface area contributed by atoms with Crippen molar-refractivity contribution in [2.75, 3.05) is 103 Å². The van der Waals surface area contributed by atoms with Crippen LogP contribution in [0.4, 0.5) is 22.0 Å². The third-order valence-electron chi connectivity index (χ3n) is 23.7. The molecule has 3 heterocycles. The first-order valence-corrected chi connectivity index (χ1v) is 38.1. The number of nitrogens with one attached hydrogen (secondary N) is 3. The summed E-state index contributed by atoms with van der Waals surface area (Å²) in [4.78, 5) is 192. The molecule has 3 aliphatic heterocycles. The summed E-state index contributed by atoms with van der Waals surface area (Å²) in [6.45, 7) is 9.29. The van der Waals surface area contributed by atoms with Gasteiger partial charge in [-0.2, -0.15) is 13.2 Å². The molecular formula is C75H119F5N12O14. The van der Waals surface area contributed by atoms with Crippen molar-refractivity contribution in [1.29, 1.82) is 0 Å². The van der Waals surface area contributed by atoms with E-state index in [9.17, 15) is 41.9 Å². The van der Waals surface area contributed by atoms with Crippen LogP contribution in [-0.2, 0) is 67.0 Å². The van der Waals surface area contributed by atoms with E-state index in [0.29, 0.717) is 44.4 Å². The number of hydrogen-bond donors (Lipinski definition) is 3. The number of halogens is 5. The van der Waals surface area contributed by atoms with Gasteiger partial charge in [0.2, 0.25) is 70.9 Å². The lowest BCUT2D eigenvalue weighted by molar-refractivity contribution is -0.219. The highest BCUT2D eigenvalue weighted by Crippen LogP contribution is 2.50. The van der Waals surface area contributed by atoms with Crippen LogP contribution in [0.25, 0.3) is 0 Å². The fraction of sp³-hybridized carbons (Fsp3) is 0.813. The Kier molecular flexibility index (Phi) is 30.0. The minimum absolute atomic E-state index is 0.00215. The van der Waals surface area contributed by atoms with Gasteiger partial charge in [-0.15, -0.1) is 0 Å². The molecule has 1 spiro atoms. The predicted octanol–water partition coefficient (Wildman–Crippen LogP) is 5.04. The van der Waals surface area contributed by atoms with Crippen molar-refractivity contribution >= 4 is 70.9 Å². The molecule has 0 aromatic heterocycles. The Morgan fingerprint density at radius 1 is 0.689 bits per heavy atom. The molecule has 2 saturated heterocycles. The zero-order valence-corrected chi connectivity index (χ0v) is 65.0. The third-order valence-corrected chi connectivity index (χ3v) is 23.7. The molecule has 0 aromatic rings. The number of carbonyl (C=O) groups excluding carboxylic acids is 12. The number of nitrogens with zero attached hydrogens (tertiary/aromatic N) is 9. The van der Waals surface area contributed by atoms with Gasteiger partial charge in [0.1, 0.15) is 72.1 Å². The molecule has 3 N–H and O–H groups in total. The highest BCUT2D eigenvalue weighted by Gasteiger charge is 2.60. The second kappa shape index (κ2) is 36.9. The van der Waals surface area contributed by atoms with Crippen LogP contribution in [0.15, 0.2) is 12.2 Å². The summed E-state index contributed by atoms with van der Waals surface area (Å²) in [6.07, 6.45) is -4.18. The van der Waals surface area contributed by atoms with E-state index in [-0.39, 0.29) is 64.1 Å². The fourth-order valence-corrected chi connectivity index (χ4v) is 17.4. The van der Waals surface area contributed by atoms with E-state index < -0.39 is 224 Å². The number of hydrogen-bond acceptors (Lipinski definition) is 14. The van der Waals surface area contributed by atoms with E-state index in [1.54, 1.807) is 26.8 Å². The van der Waals surface area contributed by atoms with Crippen molar-refractivity contribution in [2.45, 2.75) is 248 Å². The number of carbonyl (C=O) groups is 12. The lowest BCUT2D eigenvalue weighted by atomic mass is 9.58. The normalized spacial score (nSPS) is 32.6. The van der Waals surface area contributed by atoms with Gasteiger partial charge < -0.3 is 69.5 Å². The van der Waals surface area contributed by atoms with Crippen molar-refractivity contribution in [3.63, 3.8) is 0 Å². The lowest BCUT2D eigenvalue weighted by Gasteiger charge is -2.54. The van der Waals surface area contributed by atoms with Crippen molar-refractivity contribution in [3.05, 3.63) is 12.2 Å². The van der Waals surface area contributed by atoms with Crippen LogP contribution in [0, 0.1) is 40.9 Å². The molecular weight excluding hydrogens is 1390 g/mol. The van der Waals surface area contributed by atoms with Gasteiger partial charge in [-0.25, -0.2) is 8.78 Å². The first-order valence-electron chi connectivity index (χ1n) is 38.1. The van der Waals surface area contributed by atoms with Crippen molar-refractivity contribution in [1.82, 2.24) is 60.0 Å². The number of alkyl halides is 5. The molecule has 31 heteroatoms. The van der Waals surface area contributed by atoms with Crippen molar-refractivity contribution < 1.29 is 89.0 Å². The average molecular weight is 1510 g/mol. The largest absolute Gasteiger partial charge is 0.397 e. The summed E-state index contributed by atoms with van der Waals surface area (Å²) in [5.74, 6) is -13.5. The second-order valence-electron chi connectivity index (χ2n) is 32.5. The first kappa shape index (κ1) is 86.2. The Bertz CT molecular complexity index is 3160. The molecule has 12 atom stereocenters. The van der Waals surface area contributed by atoms with Crippen LogP contribution < -0.4 is 16.0 Å². The van der Waals surface area contributed by atoms with E-state index in [1.807, 2.05) is 19.9 Å². The van der Waals surface area contributed by atoms with Gasteiger partial charge in [0.15, 0.2) is 0 Å². The van der Waals surface area contributed by atoms with Gasteiger partial charge in [0.05, 0.1) is 32.2 Å². The van der Waals surface area contributed by atoms with Crippen LogP contribution in [-0.4, -0.2) is 296 Å². The smallest absolute Gasteiger partial charge is 0.382 e. The highest BCUT2D eigenvalue weighted by molar-refractivity contribution is 6.01. The SMILES string of the molecule is CCO[C@@H]1C[C@H]2C(=O)NC3(CC(C)(C)C3)C(=O)N(C)[C@@H](C3CCCC3)C(=O)N(C)[C@H](C(=O)N(C)C)CC(=O)N(C)[C@@H](COC)C(=O)N[C@@H]([C@@H](C)CC)C(=O)N(C)CC(=O)N(C)[C@H]3C/C=C\CCN(C3=O)[C@@H](CC3CCC(C)CC3)C(=O)N(C)CC(=O)N[C@@H](CCC3CC(F)C(C(F)(F)F)C(F)C3)C(=O)N2C1. The molecule has 4 saturated carbocycles. The van der Waals surface area contributed by atoms with Gasteiger partial charge in [-0.05, 0) is 113 Å². The molecule has 598 valence electrons. The summed E-state index contributed by atoms with van der Waals surface area (Å²) in [5.41, 5.74) is -2.30. The standard InChI is InChI=1S/C75H119F5N12O14/c1-16-45(4)62-70(102)86(10)40-60(95)87(11)53-25-19-18-22-32-91(69(53)101)56(35-46-28-26-44(3)27-29-46)68(100)85(9)39-58(93)81-52(31-30-47-33-50(76)61(51(77)34-47)75(78,79)80)66(98)92-38-49(106-17-2)36-54(92)65(97)83-74(42-73(5,6)43-74)72(104)90(14)63(48-23-20-21-24-48)71(103)89(13)55(67(99)84(7)8)37-59(94)88(12)57(41-105-15)64(96)82-62/h18-19,44-57,61-63H,16-17,20-43H2,1-15H3,(H,81,93)(H,82,96)(H,83,97)/b19-18-/t44?,45-,46?,47?,49+,50?,51?,52-,53-,54-,55-,56-,57-,61?,62-,63-/m0/s1. The summed E-state index contributed by atoms with van der Waals surface area (Å²) in [5, 5.41) is 8.54.